The summed E-state index contributed by atoms with van der Waals surface area (Å²) in [5.74, 6) is 0.941. The SMILES string of the molecule is Nc1nccnc1C[C@@H]1CCCN(C(=O)CC2(O)CCCCC2)C1. The summed E-state index contributed by atoms with van der Waals surface area (Å²) in [6.45, 7) is 1.52. The molecule has 0 radical (unpaired) electrons. The zero-order valence-corrected chi connectivity index (χ0v) is 14.3. The quantitative estimate of drug-likeness (QED) is 0.879. The maximum absolute atomic E-state index is 12.6. The summed E-state index contributed by atoms with van der Waals surface area (Å²) in [5, 5.41) is 10.6. The van der Waals surface area contributed by atoms with Crippen LogP contribution in [0.3, 0.4) is 0 Å². The Labute approximate surface area is 143 Å². The molecular weight excluding hydrogens is 304 g/mol. The Morgan fingerprint density at radius 1 is 1.25 bits per heavy atom. The number of nitrogens with zero attached hydrogens (tertiary/aromatic N) is 3. The first-order valence-corrected chi connectivity index (χ1v) is 9.11. The highest BCUT2D eigenvalue weighted by Crippen LogP contribution is 2.32. The van der Waals surface area contributed by atoms with Crippen LogP contribution in [0.25, 0.3) is 0 Å². The second-order valence-electron chi connectivity index (χ2n) is 7.40. The number of hydrogen-bond acceptors (Lipinski definition) is 5. The van der Waals surface area contributed by atoms with Gasteiger partial charge in [-0.25, -0.2) is 4.98 Å². The Bertz CT molecular complexity index is 572. The number of nitrogen functional groups attached to an aromatic ring is 1. The molecule has 2 heterocycles. The number of hydrogen-bond donors (Lipinski definition) is 2. The maximum Gasteiger partial charge on any atom is 0.225 e. The van der Waals surface area contributed by atoms with Crippen LogP contribution < -0.4 is 5.73 Å². The van der Waals surface area contributed by atoms with E-state index in [0.717, 1.165) is 63.7 Å². The lowest BCUT2D eigenvalue weighted by atomic mass is 9.82. The monoisotopic (exact) mass is 332 g/mol. The second-order valence-corrected chi connectivity index (χ2v) is 7.40. The minimum Gasteiger partial charge on any atom is -0.389 e. The number of carbonyl (C=O) groups is 1. The van der Waals surface area contributed by atoms with Crippen LogP contribution in [0, 0.1) is 5.92 Å². The fourth-order valence-corrected chi connectivity index (χ4v) is 4.05. The van der Waals surface area contributed by atoms with Crippen molar-refractivity contribution < 1.29 is 9.90 Å². The van der Waals surface area contributed by atoms with Gasteiger partial charge in [0.2, 0.25) is 5.91 Å². The number of aliphatic hydroxyl groups is 1. The second kappa shape index (κ2) is 7.47. The third kappa shape index (κ3) is 4.23. The highest BCUT2D eigenvalue weighted by atomic mass is 16.3. The largest absolute Gasteiger partial charge is 0.389 e. The fraction of sp³-hybridized carbons (Fsp3) is 0.722. The number of anilines is 1. The third-order valence-corrected chi connectivity index (χ3v) is 5.42. The van der Waals surface area contributed by atoms with Gasteiger partial charge < -0.3 is 15.7 Å². The zero-order chi connectivity index (χ0) is 17.0. The Kier molecular flexibility index (Phi) is 5.33. The van der Waals surface area contributed by atoms with Crippen molar-refractivity contribution in [3.63, 3.8) is 0 Å². The zero-order valence-electron chi connectivity index (χ0n) is 14.3. The number of piperidine rings is 1. The molecule has 0 unspecified atom stereocenters. The predicted octanol–water partition coefficient (Wildman–Crippen LogP) is 1.93. The Balaban J connectivity index is 1.56. The highest BCUT2D eigenvalue weighted by molar-refractivity contribution is 5.77. The number of likely N-dealkylation sites (tertiary alicyclic amines) is 1. The molecule has 0 aromatic carbocycles. The molecule has 24 heavy (non-hydrogen) atoms. The smallest absolute Gasteiger partial charge is 0.225 e. The van der Waals surface area contributed by atoms with Crippen LogP contribution in [0.4, 0.5) is 5.82 Å². The molecule has 1 atom stereocenters. The molecule has 2 aliphatic rings. The van der Waals surface area contributed by atoms with E-state index in [1.807, 2.05) is 4.90 Å². The molecule has 1 aliphatic carbocycles. The van der Waals surface area contributed by atoms with Crippen LogP contribution in [-0.4, -0.2) is 44.6 Å². The van der Waals surface area contributed by atoms with Gasteiger partial charge in [0, 0.05) is 25.5 Å². The minimum absolute atomic E-state index is 0.0937. The van der Waals surface area contributed by atoms with E-state index in [1.165, 1.54) is 6.42 Å². The van der Waals surface area contributed by atoms with Crippen LogP contribution in [0.15, 0.2) is 12.4 Å². The summed E-state index contributed by atoms with van der Waals surface area (Å²) in [6, 6.07) is 0. The number of amides is 1. The highest BCUT2D eigenvalue weighted by Gasteiger charge is 2.34. The van der Waals surface area contributed by atoms with E-state index >= 15 is 0 Å². The first-order chi connectivity index (χ1) is 11.6. The lowest BCUT2D eigenvalue weighted by Gasteiger charge is -2.37. The number of nitrogens with two attached hydrogens (primary N) is 1. The number of aromatic nitrogens is 2. The van der Waals surface area contributed by atoms with Gasteiger partial charge in [-0.05, 0) is 38.0 Å². The van der Waals surface area contributed by atoms with Crippen molar-refractivity contribution in [2.45, 2.75) is 63.4 Å². The van der Waals surface area contributed by atoms with Crippen molar-refractivity contribution in [2.24, 2.45) is 5.92 Å². The molecule has 132 valence electrons. The lowest BCUT2D eigenvalue weighted by Crippen LogP contribution is -2.45. The summed E-state index contributed by atoms with van der Waals surface area (Å²) in [4.78, 5) is 23.0. The molecule has 3 rings (SSSR count). The van der Waals surface area contributed by atoms with Crippen LogP contribution >= 0.6 is 0 Å². The number of carbonyl (C=O) groups excluding carboxylic acids is 1. The summed E-state index contributed by atoms with van der Waals surface area (Å²) in [7, 11) is 0. The van der Waals surface area contributed by atoms with E-state index < -0.39 is 5.60 Å². The summed E-state index contributed by atoms with van der Waals surface area (Å²) in [6.07, 6.45) is 11.1. The molecule has 6 heteroatoms. The Morgan fingerprint density at radius 2 is 2.00 bits per heavy atom. The standard InChI is InChI=1S/C18H28N4O2/c19-17-15(20-8-9-21-17)11-14-5-4-10-22(13-14)16(23)12-18(24)6-2-1-3-7-18/h8-9,14,24H,1-7,10-13H2,(H2,19,21)/t14-/m0/s1. The van der Waals surface area contributed by atoms with Crippen molar-refractivity contribution in [2.75, 3.05) is 18.8 Å². The van der Waals surface area contributed by atoms with E-state index in [0.29, 0.717) is 11.7 Å². The van der Waals surface area contributed by atoms with Gasteiger partial charge >= 0.3 is 0 Å². The Hall–Kier alpha value is -1.69. The first-order valence-electron chi connectivity index (χ1n) is 9.11. The van der Waals surface area contributed by atoms with Crippen molar-refractivity contribution in [1.29, 1.82) is 0 Å². The van der Waals surface area contributed by atoms with Gasteiger partial charge in [-0.2, -0.15) is 0 Å². The molecule has 1 amide bonds. The molecule has 1 aromatic rings. The molecule has 2 fully saturated rings. The van der Waals surface area contributed by atoms with Gasteiger partial charge in [0.1, 0.15) is 5.82 Å². The fourth-order valence-electron chi connectivity index (χ4n) is 4.05. The van der Waals surface area contributed by atoms with Gasteiger partial charge in [0.15, 0.2) is 0 Å². The number of rotatable bonds is 4. The van der Waals surface area contributed by atoms with E-state index in [-0.39, 0.29) is 12.3 Å². The van der Waals surface area contributed by atoms with E-state index in [9.17, 15) is 9.90 Å². The van der Waals surface area contributed by atoms with Crippen LogP contribution in [0.5, 0.6) is 0 Å². The molecular formula is C18H28N4O2. The molecule has 0 spiro atoms. The summed E-state index contributed by atoms with van der Waals surface area (Å²) in [5.41, 5.74) is 5.93. The molecule has 0 bridgehead atoms. The van der Waals surface area contributed by atoms with E-state index in [2.05, 4.69) is 9.97 Å². The van der Waals surface area contributed by atoms with Gasteiger partial charge in [-0.1, -0.05) is 19.3 Å². The average Bonchev–Trinajstić information content (AvgIpc) is 2.57. The van der Waals surface area contributed by atoms with Crippen molar-refractivity contribution in [3.05, 3.63) is 18.1 Å². The molecule has 1 aliphatic heterocycles. The summed E-state index contributed by atoms with van der Waals surface area (Å²) < 4.78 is 0. The first kappa shape index (κ1) is 17.1. The van der Waals surface area contributed by atoms with Crippen molar-refractivity contribution in [1.82, 2.24) is 14.9 Å². The van der Waals surface area contributed by atoms with E-state index in [1.54, 1.807) is 12.4 Å². The van der Waals surface area contributed by atoms with E-state index in [4.69, 9.17) is 5.73 Å². The topological polar surface area (TPSA) is 92.3 Å². The van der Waals surface area contributed by atoms with Crippen molar-refractivity contribution >= 4 is 11.7 Å². The molecule has 1 saturated heterocycles. The normalized spacial score (nSPS) is 23.9. The minimum atomic E-state index is -0.780. The summed E-state index contributed by atoms with van der Waals surface area (Å²) >= 11 is 0. The van der Waals surface area contributed by atoms with Crippen LogP contribution in [0.2, 0.25) is 0 Å². The lowest BCUT2D eigenvalue weighted by molar-refractivity contribution is -0.139. The van der Waals surface area contributed by atoms with Crippen LogP contribution in [-0.2, 0) is 11.2 Å². The predicted molar refractivity (Wildman–Crippen MR) is 92.1 cm³/mol. The molecule has 3 N–H and O–H groups in total. The molecule has 1 aromatic heterocycles. The van der Waals surface area contributed by atoms with Crippen LogP contribution in [0.1, 0.15) is 57.1 Å². The maximum atomic E-state index is 12.6. The van der Waals surface area contributed by atoms with Crippen molar-refractivity contribution in [3.8, 4) is 0 Å². The third-order valence-electron chi connectivity index (χ3n) is 5.42. The van der Waals surface area contributed by atoms with Gasteiger partial charge in [0.05, 0.1) is 17.7 Å². The van der Waals surface area contributed by atoms with Gasteiger partial charge in [0.25, 0.3) is 0 Å². The molecule has 6 nitrogen and oxygen atoms in total. The van der Waals surface area contributed by atoms with Gasteiger partial charge in [-0.3, -0.25) is 9.78 Å². The molecule has 1 saturated carbocycles. The Morgan fingerprint density at radius 3 is 2.75 bits per heavy atom. The average molecular weight is 332 g/mol. The van der Waals surface area contributed by atoms with Gasteiger partial charge in [-0.15, -0.1) is 0 Å².